The number of nitrogen functional groups attached to an aromatic ring is 1. The molecular weight excluding hydrogens is 174 g/mol. The summed E-state index contributed by atoms with van der Waals surface area (Å²) >= 11 is 0. The molecule has 2 rings (SSSR count). The number of anilines is 1. The summed E-state index contributed by atoms with van der Waals surface area (Å²) in [4.78, 5) is 4.19. The van der Waals surface area contributed by atoms with Crippen molar-refractivity contribution >= 4 is 5.69 Å². The fourth-order valence-corrected chi connectivity index (χ4v) is 1.53. The van der Waals surface area contributed by atoms with Crippen LogP contribution >= 0.6 is 0 Å². The van der Waals surface area contributed by atoms with Crippen molar-refractivity contribution in [1.29, 1.82) is 0 Å². The Labute approximate surface area is 83.2 Å². The minimum atomic E-state index is 0.815. The van der Waals surface area contributed by atoms with Crippen molar-refractivity contribution in [3.63, 3.8) is 0 Å². The summed E-state index contributed by atoms with van der Waals surface area (Å²) in [6.07, 6.45) is 3.73. The molecule has 14 heavy (non-hydrogen) atoms. The summed E-state index contributed by atoms with van der Waals surface area (Å²) in [7, 11) is 0. The van der Waals surface area contributed by atoms with E-state index in [1.54, 1.807) is 6.20 Å². The van der Waals surface area contributed by atoms with Crippen LogP contribution in [0.3, 0.4) is 0 Å². The molecule has 0 aliphatic carbocycles. The second kappa shape index (κ2) is 3.18. The maximum Gasteiger partial charge on any atom is 0.110 e. The fourth-order valence-electron chi connectivity index (χ4n) is 1.53. The Hall–Kier alpha value is -1.77. The van der Waals surface area contributed by atoms with E-state index in [-0.39, 0.29) is 0 Å². The van der Waals surface area contributed by atoms with Crippen LogP contribution in [0.5, 0.6) is 0 Å². The number of nitrogens with zero attached hydrogens (tertiary/aromatic N) is 2. The molecule has 0 fully saturated rings. The standard InChI is InChI=1S/C11H13N3/c1-8-10(12)4-3-5-11(8)14-7-6-13-9(14)2/h3-7H,12H2,1-2H3. The van der Waals surface area contributed by atoms with Crippen molar-refractivity contribution in [3.05, 3.63) is 42.0 Å². The van der Waals surface area contributed by atoms with Crippen molar-refractivity contribution in [2.24, 2.45) is 0 Å². The lowest BCUT2D eigenvalue weighted by molar-refractivity contribution is 0.965. The van der Waals surface area contributed by atoms with Crippen molar-refractivity contribution in [2.75, 3.05) is 5.73 Å². The van der Waals surface area contributed by atoms with E-state index in [2.05, 4.69) is 4.98 Å². The van der Waals surface area contributed by atoms with Crippen LogP contribution in [0.15, 0.2) is 30.6 Å². The summed E-state index contributed by atoms with van der Waals surface area (Å²) in [5.74, 6) is 0.971. The van der Waals surface area contributed by atoms with Gasteiger partial charge < -0.3 is 10.3 Å². The first-order valence-electron chi connectivity index (χ1n) is 4.55. The predicted molar refractivity (Wildman–Crippen MR) is 57.5 cm³/mol. The van der Waals surface area contributed by atoms with Gasteiger partial charge in [-0.05, 0) is 31.5 Å². The molecule has 0 aliphatic heterocycles. The van der Waals surface area contributed by atoms with Crippen molar-refractivity contribution < 1.29 is 0 Å². The second-order valence-corrected chi connectivity index (χ2v) is 3.34. The SMILES string of the molecule is Cc1c(N)cccc1-n1ccnc1C. The first-order valence-corrected chi connectivity index (χ1v) is 4.55. The Bertz CT molecular complexity index is 457. The van der Waals surface area contributed by atoms with Gasteiger partial charge in [0.15, 0.2) is 0 Å². The summed E-state index contributed by atoms with van der Waals surface area (Å²) in [6, 6.07) is 5.91. The monoisotopic (exact) mass is 187 g/mol. The smallest absolute Gasteiger partial charge is 0.110 e. The molecule has 0 amide bonds. The van der Waals surface area contributed by atoms with E-state index in [0.717, 1.165) is 22.8 Å². The highest BCUT2D eigenvalue weighted by Crippen LogP contribution is 2.20. The van der Waals surface area contributed by atoms with Gasteiger partial charge in [-0.25, -0.2) is 4.98 Å². The van der Waals surface area contributed by atoms with Crippen LogP contribution < -0.4 is 5.73 Å². The van der Waals surface area contributed by atoms with E-state index in [0.29, 0.717) is 0 Å². The van der Waals surface area contributed by atoms with Gasteiger partial charge in [0.05, 0.1) is 5.69 Å². The van der Waals surface area contributed by atoms with E-state index in [4.69, 9.17) is 5.73 Å². The molecule has 0 saturated heterocycles. The number of benzene rings is 1. The van der Waals surface area contributed by atoms with Crippen molar-refractivity contribution in [3.8, 4) is 5.69 Å². The molecule has 1 aromatic carbocycles. The number of aromatic nitrogens is 2. The molecule has 1 aromatic heterocycles. The maximum absolute atomic E-state index is 5.84. The molecule has 0 radical (unpaired) electrons. The summed E-state index contributed by atoms with van der Waals surface area (Å²) in [5.41, 5.74) is 8.85. The minimum absolute atomic E-state index is 0.815. The van der Waals surface area contributed by atoms with Gasteiger partial charge in [-0.15, -0.1) is 0 Å². The Kier molecular flexibility index (Phi) is 2.00. The Morgan fingerprint density at radius 1 is 1.29 bits per heavy atom. The highest BCUT2D eigenvalue weighted by Gasteiger charge is 2.04. The van der Waals surface area contributed by atoms with Gasteiger partial charge in [0.25, 0.3) is 0 Å². The van der Waals surface area contributed by atoms with Crippen LogP contribution in [-0.4, -0.2) is 9.55 Å². The molecule has 72 valence electrons. The molecule has 2 N–H and O–H groups in total. The predicted octanol–water partition coefficient (Wildman–Crippen LogP) is 2.07. The first kappa shape index (κ1) is 8.81. The third-order valence-electron chi connectivity index (χ3n) is 2.43. The zero-order chi connectivity index (χ0) is 10.1. The highest BCUT2D eigenvalue weighted by atomic mass is 15.1. The molecule has 0 saturated carbocycles. The van der Waals surface area contributed by atoms with Crippen molar-refractivity contribution in [1.82, 2.24) is 9.55 Å². The number of hydrogen-bond acceptors (Lipinski definition) is 2. The van der Waals surface area contributed by atoms with Crippen LogP contribution in [0, 0.1) is 13.8 Å². The number of hydrogen-bond donors (Lipinski definition) is 1. The van der Waals surface area contributed by atoms with Gasteiger partial charge in [0.1, 0.15) is 5.82 Å². The molecule has 0 bridgehead atoms. The second-order valence-electron chi connectivity index (χ2n) is 3.34. The summed E-state index contributed by atoms with van der Waals surface area (Å²) < 4.78 is 2.03. The normalized spacial score (nSPS) is 10.4. The first-order chi connectivity index (χ1) is 6.70. The lowest BCUT2D eigenvalue weighted by Crippen LogP contribution is -2.00. The van der Waals surface area contributed by atoms with E-state index < -0.39 is 0 Å². The molecule has 2 aromatic rings. The molecular formula is C11H13N3. The van der Waals surface area contributed by atoms with Crippen LogP contribution in [0.1, 0.15) is 11.4 Å². The van der Waals surface area contributed by atoms with Gasteiger partial charge in [0, 0.05) is 18.1 Å². The number of nitrogens with two attached hydrogens (primary N) is 1. The maximum atomic E-state index is 5.84. The Morgan fingerprint density at radius 2 is 2.07 bits per heavy atom. The lowest BCUT2D eigenvalue weighted by atomic mass is 10.1. The van der Waals surface area contributed by atoms with Gasteiger partial charge in [0.2, 0.25) is 0 Å². The number of aryl methyl sites for hydroxylation is 1. The van der Waals surface area contributed by atoms with E-state index in [1.165, 1.54) is 0 Å². The van der Waals surface area contributed by atoms with E-state index in [1.807, 2.05) is 42.8 Å². The number of rotatable bonds is 1. The zero-order valence-corrected chi connectivity index (χ0v) is 8.36. The van der Waals surface area contributed by atoms with E-state index >= 15 is 0 Å². The zero-order valence-electron chi connectivity index (χ0n) is 8.36. The molecule has 0 aliphatic rings. The van der Waals surface area contributed by atoms with Gasteiger partial charge in [-0.2, -0.15) is 0 Å². The average Bonchev–Trinajstić information content (AvgIpc) is 2.57. The van der Waals surface area contributed by atoms with Gasteiger partial charge in [-0.3, -0.25) is 0 Å². The number of imidazole rings is 1. The summed E-state index contributed by atoms with van der Waals surface area (Å²) in [6.45, 7) is 3.99. The topological polar surface area (TPSA) is 43.8 Å². The van der Waals surface area contributed by atoms with Crippen LogP contribution in [-0.2, 0) is 0 Å². The lowest BCUT2D eigenvalue weighted by Gasteiger charge is -2.10. The molecule has 3 nitrogen and oxygen atoms in total. The molecule has 0 atom stereocenters. The fraction of sp³-hybridized carbons (Fsp3) is 0.182. The molecule has 0 unspecified atom stereocenters. The quantitative estimate of drug-likeness (QED) is 0.694. The van der Waals surface area contributed by atoms with Crippen LogP contribution in [0.4, 0.5) is 5.69 Å². The van der Waals surface area contributed by atoms with Crippen molar-refractivity contribution in [2.45, 2.75) is 13.8 Å². The molecule has 1 heterocycles. The third-order valence-corrected chi connectivity index (χ3v) is 2.43. The Balaban J connectivity index is 2.63. The van der Waals surface area contributed by atoms with Crippen LogP contribution in [0.2, 0.25) is 0 Å². The highest BCUT2D eigenvalue weighted by molar-refractivity contribution is 5.56. The van der Waals surface area contributed by atoms with Gasteiger partial charge >= 0.3 is 0 Å². The average molecular weight is 187 g/mol. The van der Waals surface area contributed by atoms with E-state index in [9.17, 15) is 0 Å². The minimum Gasteiger partial charge on any atom is -0.398 e. The largest absolute Gasteiger partial charge is 0.398 e. The molecule has 0 spiro atoms. The Morgan fingerprint density at radius 3 is 2.71 bits per heavy atom. The van der Waals surface area contributed by atoms with Crippen LogP contribution in [0.25, 0.3) is 5.69 Å². The van der Waals surface area contributed by atoms with Gasteiger partial charge in [-0.1, -0.05) is 6.07 Å². The third kappa shape index (κ3) is 1.27. The summed E-state index contributed by atoms with van der Waals surface area (Å²) in [5, 5.41) is 0. The molecule has 3 heteroatoms.